The molecule has 19 heavy (non-hydrogen) atoms. The highest BCUT2D eigenvalue weighted by atomic mass is 16.5. The zero-order valence-corrected chi connectivity index (χ0v) is 10.6. The van der Waals surface area contributed by atoms with Gasteiger partial charge in [-0.25, -0.2) is 0 Å². The van der Waals surface area contributed by atoms with Crippen molar-refractivity contribution in [2.24, 2.45) is 0 Å². The molecule has 100 valence electrons. The third kappa shape index (κ3) is 2.59. The third-order valence-electron chi connectivity index (χ3n) is 2.57. The minimum absolute atomic E-state index is 0.208. The van der Waals surface area contributed by atoms with Crippen LogP contribution in [0.15, 0.2) is 24.4 Å². The topological polar surface area (TPSA) is 102 Å². The van der Waals surface area contributed by atoms with Gasteiger partial charge in [0.1, 0.15) is 22.9 Å². The second-order valence-corrected chi connectivity index (χ2v) is 3.72. The van der Waals surface area contributed by atoms with Crippen LogP contribution in [0.25, 0.3) is 0 Å². The van der Waals surface area contributed by atoms with Crippen LogP contribution in [0, 0.1) is 0 Å². The van der Waals surface area contributed by atoms with Crippen LogP contribution in [0.4, 0.5) is 11.5 Å². The van der Waals surface area contributed by atoms with Crippen LogP contribution in [0.2, 0.25) is 0 Å². The number of hydrogen-bond donors (Lipinski definition) is 3. The highest BCUT2D eigenvalue weighted by molar-refractivity contribution is 6.07. The van der Waals surface area contributed by atoms with Gasteiger partial charge in [-0.1, -0.05) is 0 Å². The highest BCUT2D eigenvalue weighted by Gasteiger charge is 2.14. The van der Waals surface area contributed by atoms with E-state index in [1.165, 1.54) is 13.3 Å². The van der Waals surface area contributed by atoms with Crippen molar-refractivity contribution >= 4 is 17.4 Å². The largest absolute Gasteiger partial charge is 0.497 e. The van der Waals surface area contributed by atoms with Gasteiger partial charge in [-0.3, -0.25) is 9.89 Å². The average molecular weight is 262 g/mol. The summed E-state index contributed by atoms with van der Waals surface area (Å²) in [6.45, 7) is 0. The molecule has 7 nitrogen and oxygen atoms in total. The second-order valence-electron chi connectivity index (χ2n) is 3.72. The number of rotatable bonds is 4. The van der Waals surface area contributed by atoms with E-state index in [1.807, 2.05) is 0 Å². The first-order valence-corrected chi connectivity index (χ1v) is 5.48. The Hall–Kier alpha value is -2.70. The standard InChI is InChI=1S/C12H14N4O3/c1-18-7-3-4-10(19-2)9(5-7)15-12(17)8-6-14-16-11(8)13/h3-6H,1-2H3,(H,15,17)(H3,13,14,16). The van der Waals surface area contributed by atoms with Crippen molar-refractivity contribution in [1.29, 1.82) is 0 Å². The molecule has 0 spiro atoms. The lowest BCUT2D eigenvalue weighted by atomic mass is 10.2. The summed E-state index contributed by atoms with van der Waals surface area (Å²) in [5.41, 5.74) is 6.35. The monoisotopic (exact) mass is 262 g/mol. The van der Waals surface area contributed by atoms with Gasteiger partial charge in [-0.2, -0.15) is 5.10 Å². The highest BCUT2D eigenvalue weighted by Crippen LogP contribution is 2.29. The predicted molar refractivity (Wildman–Crippen MR) is 70.5 cm³/mol. The summed E-state index contributed by atoms with van der Waals surface area (Å²) in [6.07, 6.45) is 1.36. The summed E-state index contributed by atoms with van der Waals surface area (Å²) in [5.74, 6) is 0.963. The molecule has 0 radical (unpaired) electrons. The van der Waals surface area contributed by atoms with Gasteiger partial charge < -0.3 is 20.5 Å². The first-order chi connectivity index (χ1) is 9.15. The Bertz CT molecular complexity index is 594. The van der Waals surface area contributed by atoms with Crippen LogP contribution in [0.1, 0.15) is 10.4 Å². The number of ether oxygens (including phenoxy) is 2. The van der Waals surface area contributed by atoms with Crippen LogP contribution in [-0.2, 0) is 0 Å². The Labute approximate surface area is 109 Å². The van der Waals surface area contributed by atoms with Crippen molar-refractivity contribution in [3.63, 3.8) is 0 Å². The molecule has 0 aliphatic rings. The fourth-order valence-corrected chi connectivity index (χ4v) is 1.58. The van der Waals surface area contributed by atoms with Crippen molar-refractivity contribution in [3.8, 4) is 11.5 Å². The molecule has 7 heteroatoms. The summed E-state index contributed by atoms with van der Waals surface area (Å²) in [5, 5.41) is 8.89. The molecule has 0 atom stereocenters. The Morgan fingerprint density at radius 2 is 2.16 bits per heavy atom. The number of H-pyrrole nitrogens is 1. The fourth-order valence-electron chi connectivity index (χ4n) is 1.58. The minimum atomic E-state index is -0.377. The van der Waals surface area contributed by atoms with Gasteiger partial charge >= 0.3 is 0 Å². The molecule has 0 aliphatic heterocycles. The molecular formula is C12H14N4O3. The number of carbonyl (C=O) groups excluding carboxylic acids is 1. The van der Waals surface area contributed by atoms with Crippen LogP contribution >= 0.6 is 0 Å². The molecule has 0 saturated carbocycles. The van der Waals surface area contributed by atoms with E-state index in [4.69, 9.17) is 15.2 Å². The van der Waals surface area contributed by atoms with Crippen molar-refractivity contribution in [3.05, 3.63) is 30.0 Å². The number of hydrogen-bond acceptors (Lipinski definition) is 5. The molecule has 0 fully saturated rings. The fraction of sp³-hybridized carbons (Fsp3) is 0.167. The van der Waals surface area contributed by atoms with E-state index in [1.54, 1.807) is 25.3 Å². The zero-order valence-electron chi connectivity index (χ0n) is 10.6. The summed E-state index contributed by atoms with van der Waals surface area (Å²) in [7, 11) is 3.06. The maximum atomic E-state index is 12.0. The van der Waals surface area contributed by atoms with E-state index in [-0.39, 0.29) is 17.3 Å². The minimum Gasteiger partial charge on any atom is -0.497 e. The van der Waals surface area contributed by atoms with Crippen LogP contribution in [0.3, 0.4) is 0 Å². The van der Waals surface area contributed by atoms with Gasteiger partial charge in [0.05, 0.1) is 26.1 Å². The van der Waals surface area contributed by atoms with Gasteiger partial charge in [0.25, 0.3) is 5.91 Å². The van der Waals surface area contributed by atoms with Gasteiger partial charge in [0.2, 0.25) is 0 Å². The van der Waals surface area contributed by atoms with Crippen molar-refractivity contribution in [2.75, 3.05) is 25.3 Å². The summed E-state index contributed by atoms with van der Waals surface area (Å²) in [4.78, 5) is 12.0. The Balaban J connectivity index is 2.27. The van der Waals surface area contributed by atoms with Gasteiger partial charge in [-0.05, 0) is 12.1 Å². The zero-order chi connectivity index (χ0) is 13.8. The van der Waals surface area contributed by atoms with Crippen LogP contribution in [-0.4, -0.2) is 30.3 Å². The van der Waals surface area contributed by atoms with E-state index in [0.717, 1.165) is 0 Å². The van der Waals surface area contributed by atoms with Crippen molar-refractivity contribution in [1.82, 2.24) is 10.2 Å². The number of nitrogen functional groups attached to an aromatic ring is 1. The van der Waals surface area contributed by atoms with Crippen LogP contribution < -0.4 is 20.5 Å². The molecule has 1 amide bonds. The number of methoxy groups -OCH3 is 2. The normalized spacial score (nSPS) is 10.0. The number of nitrogens with two attached hydrogens (primary N) is 1. The Morgan fingerprint density at radius 3 is 2.74 bits per heavy atom. The number of nitrogens with zero attached hydrogens (tertiary/aromatic N) is 1. The lowest BCUT2D eigenvalue weighted by Gasteiger charge is -2.11. The average Bonchev–Trinajstić information content (AvgIpc) is 2.85. The van der Waals surface area contributed by atoms with Crippen molar-refractivity contribution in [2.45, 2.75) is 0 Å². The molecule has 0 unspecified atom stereocenters. The lowest BCUT2D eigenvalue weighted by Crippen LogP contribution is -2.13. The van der Waals surface area contributed by atoms with Gasteiger partial charge in [-0.15, -0.1) is 0 Å². The van der Waals surface area contributed by atoms with Crippen LogP contribution in [0.5, 0.6) is 11.5 Å². The molecule has 0 aliphatic carbocycles. The summed E-state index contributed by atoms with van der Waals surface area (Å²) >= 11 is 0. The number of amides is 1. The molecular weight excluding hydrogens is 248 g/mol. The summed E-state index contributed by atoms with van der Waals surface area (Å²) in [6, 6.07) is 5.10. The first-order valence-electron chi connectivity index (χ1n) is 5.48. The number of anilines is 2. The number of carbonyl (C=O) groups is 1. The van der Waals surface area contributed by atoms with Gasteiger partial charge in [0.15, 0.2) is 0 Å². The SMILES string of the molecule is COc1ccc(OC)c(NC(=O)c2cn[nH]c2N)c1. The quantitative estimate of drug-likeness (QED) is 0.769. The van der Waals surface area contributed by atoms with E-state index >= 15 is 0 Å². The molecule has 2 aromatic rings. The number of nitrogens with one attached hydrogen (secondary N) is 2. The van der Waals surface area contributed by atoms with E-state index < -0.39 is 0 Å². The molecule has 0 saturated heterocycles. The van der Waals surface area contributed by atoms with E-state index in [9.17, 15) is 4.79 Å². The van der Waals surface area contributed by atoms with Gasteiger partial charge in [0, 0.05) is 6.07 Å². The predicted octanol–water partition coefficient (Wildman–Crippen LogP) is 1.26. The molecule has 4 N–H and O–H groups in total. The summed E-state index contributed by atoms with van der Waals surface area (Å²) < 4.78 is 10.3. The van der Waals surface area contributed by atoms with E-state index in [2.05, 4.69) is 15.5 Å². The number of benzene rings is 1. The maximum absolute atomic E-state index is 12.0. The molecule has 2 rings (SSSR count). The smallest absolute Gasteiger partial charge is 0.261 e. The van der Waals surface area contributed by atoms with E-state index in [0.29, 0.717) is 17.2 Å². The second kappa shape index (κ2) is 5.30. The third-order valence-corrected chi connectivity index (χ3v) is 2.57. The maximum Gasteiger partial charge on any atom is 0.261 e. The molecule has 1 aromatic heterocycles. The molecule has 0 bridgehead atoms. The Kier molecular flexibility index (Phi) is 3.56. The Morgan fingerprint density at radius 1 is 1.37 bits per heavy atom. The molecule has 1 heterocycles. The number of aromatic nitrogens is 2. The molecule has 1 aromatic carbocycles. The van der Waals surface area contributed by atoms with Crippen molar-refractivity contribution < 1.29 is 14.3 Å². The lowest BCUT2D eigenvalue weighted by molar-refractivity contribution is 0.102. The first kappa shape index (κ1) is 12.7. The number of aromatic amines is 1.